The predicted octanol–water partition coefficient (Wildman–Crippen LogP) is 2.75. The van der Waals surface area contributed by atoms with Crippen LogP contribution in [0.2, 0.25) is 5.02 Å². The molecule has 162 valence electrons. The highest BCUT2D eigenvalue weighted by Crippen LogP contribution is 2.23. The minimum atomic E-state index is -0.115. The normalized spacial score (nSPS) is 17.1. The van der Waals surface area contributed by atoms with Gasteiger partial charge in [0.2, 0.25) is 5.91 Å². The number of carbonyl (C=O) groups excluding carboxylic acids is 1. The topological polar surface area (TPSA) is 83.8 Å². The molecule has 1 unspecified atom stereocenters. The van der Waals surface area contributed by atoms with Crippen molar-refractivity contribution in [2.45, 2.75) is 26.4 Å². The van der Waals surface area contributed by atoms with Crippen LogP contribution in [0, 0.1) is 6.92 Å². The number of amides is 1. The Hall–Kier alpha value is -2.58. The molecule has 1 aromatic carbocycles. The lowest BCUT2D eigenvalue weighted by Gasteiger charge is -2.34. The van der Waals surface area contributed by atoms with E-state index in [-0.39, 0.29) is 18.4 Å². The molecular formula is C21H29ClN6O2. The van der Waals surface area contributed by atoms with Gasteiger partial charge >= 0.3 is 0 Å². The van der Waals surface area contributed by atoms with Gasteiger partial charge in [0.1, 0.15) is 6.10 Å². The summed E-state index contributed by atoms with van der Waals surface area (Å²) in [6.07, 6.45) is 4.02. The van der Waals surface area contributed by atoms with E-state index in [2.05, 4.69) is 25.6 Å². The van der Waals surface area contributed by atoms with Gasteiger partial charge in [-0.25, -0.2) is 0 Å². The third-order valence-electron chi connectivity index (χ3n) is 4.80. The third kappa shape index (κ3) is 5.96. The lowest BCUT2D eigenvalue weighted by Crippen LogP contribution is -2.48. The number of hydrogen-bond donors (Lipinski definition) is 2. The number of halogens is 1. The van der Waals surface area contributed by atoms with Crippen LogP contribution in [0.5, 0.6) is 0 Å². The Labute approximate surface area is 182 Å². The Kier molecular flexibility index (Phi) is 7.70. The number of aryl methyl sites for hydroxylation is 2. The molecule has 3 rings (SSSR count). The van der Waals surface area contributed by atoms with Crippen molar-refractivity contribution in [3.8, 4) is 0 Å². The number of anilines is 1. The van der Waals surface area contributed by atoms with Gasteiger partial charge in [0.15, 0.2) is 5.96 Å². The third-order valence-corrected chi connectivity index (χ3v) is 5.11. The number of aromatic nitrogens is 2. The lowest BCUT2D eigenvalue weighted by molar-refractivity contribution is -0.116. The quantitative estimate of drug-likeness (QED) is 0.541. The molecular weight excluding hydrogens is 404 g/mol. The highest BCUT2D eigenvalue weighted by Gasteiger charge is 2.25. The van der Waals surface area contributed by atoms with Gasteiger partial charge in [-0.15, -0.1) is 0 Å². The molecule has 1 aliphatic rings. The van der Waals surface area contributed by atoms with E-state index in [9.17, 15) is 4.79 Å². The fourth-order valence-electron chi connectivity index (χ4n) is 3.27. The van der Waals surface area contributed by atoms with Crippen molar-refractivity contribution in [2.75, 3.05) is 38.1 Å². The number of morpholine rings is 1. The van der Waals surface area contributed by atoms with E-state index in [1.807, 2.05) is 51.5 Å². The summed E-state index contributed by atoms with van der Waals surface area (Å²) >= 11 is 6.19. The molecule has 0 bridgehead atoms. The zero-order valence-electron chi connectivity index (χ0n) is 17.7. The molecule has 2 heterocycles. The maximum Gasteiger partial charge on any atom is 0.226 e. The largest absolute Gasteiger partial charge is 0.370 e. The summed E-state index contributed by atoms with van der Waals surface area (Å²) < 4.78 is 7.68. The Balaban J connectivity index is 1.57. The first-order chi connectivity index (χ1) is 14.5. The molecule has 1 aromatic heterocycles. The number of carbonyl (C=O) groups is 1. The van der Waals surface area contributed by atoms with Crippen molar-refractivity contribution in [3.63, 3.8) is 0 Å². The number of benzene rings is 1. The summed E-state index contributed by atoms with van der Waals surface area (Å²) in [4.78, 5) is 19.1. The van der Waals surface area contributed by atoms with Crippen molar-refractivity contribution in [3.05, 3.63) is 46.7 Å². The van der Waals surface area contributed by atoms with E-state index >= 15 is 0 Å². The maximum absolute atomic E-state index is 12.3. The predicted molar refractivity (Wildman–Crippen MR) is 119 cm³/mol. The van der Waals surface area contributed by atoms with Crippen LogP contribution in [0.4, 0.5) is 5.69 Å². The number of hydrogen-bond acceptors (Lipinski definition) is 4. The fraction of sp³-hybridized carbons (Fsp3) is 0.476. The van der Waals surface area contributed by atoms with Crippen molar-refractivity contribution in [1.29, 1.82) is 0 Å². The first-order valence-electron chi connectivity index (χ1n) is 10.2. The highest BCUT2D eigenvalue weighted by molar-refractivity contribution is 6.33. The van der Waals surface area contributed by atoms with Crippen molar-refractivity contribution < 1.29 is 9.53 Å². The number of rotatable bonds is 6. The van der Waals surface area contributed by atoms with Crippen LogP contribution in [0.3, 0.4) is 0 Å². The van der Waals surface area contributed by atoms with E-state index < -0.39 is 0 Å². The Morgan fingerprint density at radius 3 is 2.97 bits per heavy atom. The fourth-order valence-corrected chi connectivity index (χ4v) is 3.56. The number of nitrogens with zero attached hydrogens (tertiary/aromatic N) is 4. The minimum Gasteiger partial charge on any atom is -0.370 e. The average molecular weight is 433 g/mol. The van der Waals surface area contributed by atoms with Crippen molar-refractivity contribution >= 4 is 29.2 Å². The van der Waals surface area contributed by atoms with Crippen LogP contribution in [0.1, 0.15) is 30.6 Å². The molecule has 0 radical (unpaired) electrons. The van der Waals surface area contributed by atoms with Gasteiger partial charge in [0, 0.05) is 38.3 Å². The summed E-state index contributed by atoms with van der Waals surface area (Å²) in [5.41, 5.74) is 2.72. The standard InChI is InChI=1S/C21H29ClN6O2/c1-4-23-21(28-9-10-30-19(14-28)16-12-25-27(3)13-16)24-8-7-20(29)26-18-6-5-15(2)11-17(18)22/h5-6,11-13,19H,4,7-10,14H2,1-3H3,(H,23,24)(H,26,29). The van der Waals surface area contributed by atoms with E-state index in [1.54, 1.807) is 4.68 Å². The van der Waals surface area contributed by atoms with Crippen LogP contribution in [-0.2, 0) is 16.6 Å². The summed E-state index contributed by atoms with van der Waals surface area (Å²) in [5.74, 6) is 0.673. The van der Waals surface area contributed by atoms with Gasteiger partial charge < -0.3 is 20.3 Å². The monoisotopic (exact) mass is 432 g/mol. The second-order valence-electron chi connectivity index (χ2n) is 7.27. The van der Waals surface area contributed by atoms with Crippen molar-refractivity contribution in [2.24, 2.45) is 12.0 Å². The van der Waals surface area contributed by atoms with E-state index in [1.165, 1.54) is 0 Å². The smallest absolute Gasteiger partial charge is 0.226 e. The molecule has 0 saturated carbocycles. The minimum absolute atomic E-state index is 0.0525. The zero-order chi connectivity index (χ0) is 21.5. The van der Waals surface area contributed by atoms with Gasteiger partial charge in [-0.3, -0.25) is 14.5 Å². The summed E-state index contributed by atoms with van der Waals surface area (Å²) in [7, 11) is 1.89. The van der Waals surface area contributed by atoms with Gasteiger partial charge in [-0.05, 0) is 31.5 Å². The number of nitrogens with one attached hydrogen (secondary N) is 2. The van der Waals surface area contributed by atoms with Crippen LogP contribution in [0.25, 0.3) is 0 Å². The molecule has 1 amide bonds. The molecule has 1 fully saturated rings. The van der Waals surface area contributed by atoms with E-state index in [0.717, 1.165) is 30.2 Å². The lowest BCUT2D eigenvalue weighted by atomic mass is 10.1. The first kappa shape index (κ1) is 22.1. The van der Waals surface area contributed by atoms with Crippen molar-refractivity contribution in [1.82, 2.24) is 20.0 Å². The Morgan fingerprint density at radius 1 is 1.43 bits per heavy atom. The van der Waals surface area contributed by atoms with Gasteiger partial charge in [0.05, 0.1) is 36.6 Å². The molecule has 1 aliphatic heterocycles. The molecule has 2 N–H and O–H groups in total. The van der Waals surface area contributed by atoms with Crippen LogP contribution in [0.15, 0.2) is 35.6 Å². The molecule has 30 heavy (non-hydrogen) atoms. The SMILES string of the molecule is CCNC(=NCCC(=O)Nc1ccc(C)cc1Cl)N1CCOC(c2cnn(C)c2)C1. The van der Waals surface area contributed by atoms with Crippen LogP contribution >= 0.6 is 11.6 Å². The molecule has 8 nitrogen and oxygen atoms in total. The number of guanidine groups is 1. The van der Waals surface area contributed by atoms with Gasteiger partial charge in [-0.1, -0.05) is 17.7 Å². The summed E-state index contributed by atoms with van der Waals surface area (Å²) in [5, 5.41) is 10.9. The second-order valence-corrected chi connectivity index (χ2v) is 7.68. The van der Waals surface area contributed by atoms with Gasteiger partial charge in [-0.2, -0.15) is 5.10 Å². The number of ether oxygens (including phenoxy) is 1. The summed E-state index contributed by atoms with van der Waals surface area (Å²) in [6, 6.07) is 5.56. The molecule has 0 aliphatic carbocycles. The van der Waals surface area contributed by atoms with E-state index in [0.29, 0.717) is 30.4 Å². The molecule has 0 spiro atoms. The second kappa shape index (κ2) is 10.4. The summed E-state index contributed by atoms with van der Waals surface area (Å²) in [6.45, 7) is 7.15. The van der Waals surface area contributed by atoms with E-state index in [4.69, 9.17) is 16.3 Å². The molecule has 9 heteroatoms. The Morgan fingerprint density at radius 2 is 2.27 bits per heavy atom. The van der Waals surface area contributed by atoms with Crippen LogP contribution in [-0.4, -0.2) is 59.3 Å². The van der Waals surface area contributed by atoms with Gasteiger partial charge in [0.25, 0.3) is 0 Å². The first-order valence-corrected chi connectivity index (χ1v) is 10.5. The molecule has 2 aromatic rings. The average Bonchev–Trinajstić information content (AvgIpc) is 3.16. The Bertz CT molecular complexity index is 897. The number of aliphatic imine (C=N–C) groups is 1. The molecule has 1 atom stereocenters. The highest BCUT2D eigenvalue weighted by atomic mass is 35.5. The zero-order valence-corrected chi connectivity index (χ0v) is 18.4. The van der Waals surface area contributed by atoms with Crippen LogP contribution < -0.4 is 10.6 Å². The maximum atomic E-state index is 12.3. The molecule has 1 saturated heterocycles.